The molecule has 0 aliphatic carbocycles. The Morgan fingerprint density at radius 2 is 2.25 bits per heavy atom. The van der Waals surface area contributed by atoms with Gasteiger partial charge in [-0.1, -0.05) is 12.1 Å². The van der Waals surface area contributed by atoms with Gasteiger partial charge in [-0.15, -0.1) is 0 Å². The molecule has 1 saturated heterocycles. The van der Waals surface area contributed by atoms with Crippen LogP contribution in [0.25, 0.3) is 0 Å². The summed E-state index contributed by atoms with van der Waals surface area (Å²) in [5.74, 6) is -0.149. The zero-order valence-electron chi connectivity index (χ0n) is 11.3. The number of nitrogens with one attached hydrogen (secondary N) is 2. The lowest BCUT2D eigenvalue weighted by Crippen LogP contribution is -2.33. The van der Waals surface area contributed by atoms with Gasteiger partial charge in [0.2, 0.25) is 15.9 Å². The highest BCUT2D eigenvalue weighted by Crippen LogP contribution is 2.13. The molecule has 1 fully saturated rings. The number of hydrogen-bond acceptors (Lipinski definition) is 4. The number of ether oxygens (including phenoxy) is 1. The molecule has 1 atom stereocenters. The molecule has 0 saturated carbocycles. The van der Waals surface area contributed by atoms with E-state index in [0.29, 0.717) is 6.61 Å². The van der Waals surface area contributed by atoms with Crippen molar-refractivity contribution in [2.75, 3.05) is 13.7 Å². The van der Waals surface area contributed by atoms with Gasteiger partial charge in [-0.3, -0.25) is 4.79 Å². The summed E-state index contributed by atoms with van der Waals surface area (Å²) in [6.07, 6.45) is 1.26. The molecule has 20 heavy (non-hydrogen) atoms. The summed E-state index contributed by atoms with van der Waals surface area (Å²) in [5, 5.41) is 2.76. The Morgan fingerprint density at radius 3 is 2.90 bits per heavy atom. The molecule has 1 aromatic rings. The summed E-state index contributed by atoms with van der Waals surface area (Å²) in [7, 11) is -2.10. The molecule has 7 heteroatoms. The Balaban J connectivity index is 2.00. The fourth-order valence-corrected chi connectivity index (χ4v) is 2.83. The molecule has 0 spiro atoms. The lowest BCUT2D eigenvalue weighted by atomic mass is 10.2. The number of amides is 1. The van der Waals surface area contributed by atoms with Crippen molar-refractivity contribution >= 4 is 15.9 Å². The molecule has 6 nitrogen and oxygen atoms in total. The fourth-order valence-electron chi connectivity index (χ4n) is 2.03. The van der Waals surface area contributed by atoms with Crippen LogP contribution in [-0.4, -0.2) is 34.1 Å². The molecular weight excluding hydrogens is 280 g/mol. The third-order valence-corrected chi connectivity index (χ3v) is 4.58. The van der Waals surface area contributed by atoms with Crippen LogP contribution in [0.5, 0.6) is 0 Å². The summed E-state index contributed by atoms with van der Waals surface area (Å²) < 4.78 is 30.9. The van der Waals surface area contributed by atoms with Gasteiger partial charge in [0.1, 0.15) is 6.10 Å². The minimum absolute atomic E-state index is 0.149. The summed E-state index contributed by atoms with van der Waals surface area (Å²) in [4.78, 5) is 12.0. The van der Waals surface area contributed by atoms with Crippen molar-refractivity contribution in [2.24, 2.45) is 0 Å². The van der Waals surface area contributed by atoms with Crippen LogP contribution in [0, 0.1) is 0 Å². The number of benzene rings is 1. The Morgan fingerprint density at radius 1 is 1.45 bits per heavy atom. The predicted octanol–water partition coefficient (Wildman–Crippen LogP) is 0.390. The predicted molar refractivity (Wildman–Crippen MR) is 73.5 cm³/mol. The number of carbonyl (C=O) groups is 1. The average Bonchev–Trinajstić information content (AvgIpc) is 2.99. The van der Waals surface area contributed by atoms with Crippen molar-refractivity contribution in [3.63, 3.8) is 0 Å². The molecule has 0 bridgehead atoms. The average molecular weight is 298 g/mol. The largest absolute Gasteiger partial charge is 0.368 e. The normalized spacial score (nSPS) is 18.9. The van der Waals surface area contributed by atoms with Crippen LogP contribution in [0.4, 0.5) is 0 Å². The quantitative estimate of drug-likeness (QED) is 0.823. The van der Waals surface area contributed by atoms with Crippen molar-refractivity contribution in [3.05, 3.63) is 29.8 Å². The highest BCUT2D eigenvalue weighted by molar-refractivity contribution is 7.89. The van der Waals surface area contributed by atoms with E-state index in [0.717, 1.165) is 18.4 Å². The highest BCUT2D eigenvalue weighted by Gasteiger charge is 2.23. The van der Waals surface area contributed by atoms with Gasteiger partial charge in [-0.25, -0.2) is 13.1 Å². The van der Waals surface area contributed by atoms with Gasteiger partial charge in [0.25, 0.3) is 0 Å². The lowest BCUT2D eigenvalue weighted by Gasteiger charge is -2.11. The van der Waals surface area contributed by atoms with Crippen LogP contribution >= 0.6 is 0 Å². The van der Waals surface area contributed by atoms with E-state index < -0.39 is 10.0 Å². The van der Waals surface area contributed by atoms with E-state index in [-0.39, 0.29) is 23.5 Å². The minimum atomic E-state index is -3.46. The maximum Gasteiger partial charge on any atom is 0.249 e. The molecule has 110 valence electrons. The van der Waals surface area contributed by atoms with Crippen molar-refractivity contribution in [2.45, 2.75) is 30.4 Å². The monoisotopic (exact) mass is 298 g/mol. The number of carbonyl (C=O) groups excluding carboxylic acids is 1. The molecule has 1 aliphatic heterocycles. The zero-order valence-corrected chi connectivity index (χ0v) is 12.1. The van der Waals surface area contributed by atoms with E-state index >= 15 is 0 Å². The first-order chi connectivity index (χ1) is 9.53. The van der Waals surface area contributed by atoms with Gasteiger partial charge < -0.3 is 10.1 Å². The van der Waals surface area contributed by atoms with Gasteiger partial charge in [0, 0.05) is 13.2 Å². The van der Waals surface area contributed by atoms with Gasteiger partial charge in [0.05, 0.1) is 4.90 Å². The van der Waals surface area contributed by atoms with Crippen molar-refractivity contribution in [3.8, 4) is 0 Å². The second-order valence-corrected chi connectivity index (χ2v) is 6.46. The Bertz CT molecular complexity index is 580. The van der Waals surface area contributed by atoms with Crippen LogP contribution < -0.4 is 10.0 Å². The van der Waals surface area contributed by atoms with Crippen LogP contribution in [0.3, 0.4) is 0 Å². The molecule has 1 aromatic carbocycles. The van der Waals surface area contributed by atoms with Crippen LogP contribution in [0.2, 0.25) is 0 Å². The molecular formula is C13H18N2O4S. The maximum atomic E-state index is 11.8. The second kappa shape index (κ2) is 6.34. The number of sulfonamides is 1. The Kier molecular flexibility index (Phi) is 4.74. The first kappa shape index (κ1) is 15.0. The first-order valence-corrected chi connectivity index (χ1v) is 7.93. The van der Waals surface area contributed by atoms with E-state index in [9.17, 15) is 13.2 Å². The summed E-state index contributed by atoms with van der Waals surface area (Å²) in [6, 6.07) is 6.47. The molecule has 0 radical (unpaired) electrons. The lowest BCUT2D eigenvalue weighted by molar-refractivity contribution is -0.130. The topological polar surface area (TPSA) is 84.5 Å². The molecule has 2 rings (SSSR count). The van der Waals surface area contributed by atoms with E-state index in [1.54, 1.807) is 18.2 Å². The van der Waals surface area contributed by atoms with Crippen LogP contribution in [0.15, 0.2) is 29.2 Å². The Hall–Kier alpha value is -1.44. The Labute approximate surface area is 118 Å². The van der Waals surface area contributed by atoms with Crippen LogP contribution in [0.1, 0.15) is 18.4 Å². The third kappa shape index (κ3) is 3.56. The van der Waals surface area contributed by atoms with E-state index in [1.165, 1.54) is 13.1 Å². The molecule has 1 heterocycles. The van der Waals surface area contributed by atoms with Gasteiger partial charge in [0.15, 0.2) is 0 Å². The molecule has 0 aromatic heterocycles. The highest BCUT2D eigenvalue weighted by atomic mass is 32.2. The minimum Gasteiger partial charge on any atom is -0.368 e. The van der Waals surface area contributed by atoms with Gasteiger partial charge in [-0.2, -0.15) is 0 Å². The van der Waals surface area contributed by atoms with Gasteiger partial charge >= 0.3 is 0 Å². The molecule has 1 aliphatic rings. The number of rotatable bonds is 5. The smallest absolute Gasteiger partial charge is 0.249 e. The van der Waals surface area contributed by atoms with Crippen molar-refractivity contribution in [1.29, 1.82) is 0 Å². The number of hydrogen-bond donors (Lipinski definition) is 2. The molecule has 1 amide bonds. The van der Waals surface area contributed by atoms with Crippen LogP contribution in [-0.2, 0) is 26.1 Å². The second-order valence-electron chi connectivity index (χ2n) is 4.57. The van der Waals surface area contributed by atoms with Crippen molar-refractivity contribution < 1.29 is 17.9 Å². The molecule has 0 unspecified atom stereocenters. The molecule has 2 N–H and O–H groups in total. The van der Waals surface area contributed by atoms with E-state index in [1.807, 2.05) is 0 Å². The standard InChI is InChI=1S/C13H18N2O4S/c1-14-20(17,18)11-5-2-4-10(8-11)9-15-13(16)12-6-3-7-19-12/h2,4-5,8,12,14H,3,6-7,9H2,1H3,(H,15,16)/t12-/m1/s1. The maximum absolute atomic E-state index is 11.8. The fraction of sp³-hybridized carbons (Fsp3) is 0.462. The van der Waals surface area contributed by atoms with E-state index in [2.05, 4.69) is 10.0 Å². The summed E-state index contributed by atoms with van der Waals surface area (Å²) in [5.41, 5.74) is 0.729. The summed E-state index contributed by atoms with van der Waals surface area (Å²) >= 11 is 0. The van der Waals surface area contributed by atoms with Gasteiger partial charge in [-0.05, 0) is 37.6 Å². The SMILES string of the molecule is CNS(=O)(=O)c1cccc(CNC(=O)[C@H]2CCCO2)c1. The third-order valence-electron chi connectivity index (χ3n) is 3.17. The first-order valence-electron chi connectivity index (χ1n) is 6.45. The van der Waals surface area contributed by atoms with Crippen molar-refractivity contribution in [1.82, 2.24) is 10.0 Å². The van der Waals surface area contributed by atoms with E-state index in [4.69, 9.17) is 4.74 Å². The zero-order chi connectivity index (χ0) is 14.6. The summed E-state index contributed by atoms with van der Waals surface area (Å²) in [6.45, 7) is 0.903.